The summed E-state index contributed by atoms with van der Waals surface area (Å²) in [5.74, 6) is -4.85. The maximum absolute atomic E-state index is 12.1. The van der Waals surface area contributed by atoms with Crippen LogP contribution in [0.25, 0.3) is 0 Å². The number of carbonyl (C=O) groups is 4. The highest BCUT2D eigenvalue weighted by atomic mass is 16.6. The van der Waals surface area contributed by atoms with E-state index in [1.165, 1.54) is 0 Å². The molecule has 0 unspecified atom stereocenters. The fourth-order valence-corrected chi connectivity index (χ4v) is 1.80. The number of benzene rings is 1. The third-order valence-electron chi connectivity index (χ3n) is 2.97. The van der Waals surface area contributed by atoms with E-state index in [1.54, 1.807) is 0 Å². The summed E-state index contributed by atoms with van der Waals surface area (Å²) < 4.78 is 0. The number of carbonyl (C=O) groups excluding carboxylic acids is 2. The smallest absolute Gasteiger partial charge is 0.336 e. The van der Waals surface area contributed by atoms with E-state index in [9.17, 15) is 29.3 Å². The van der Waals surface area contributed by atoms with Gasteiger partial charge in [-0.05, 0) is 12.5 Å². The Morgan fingerprint density at radius 3 is 2.29 bits per heavy atom. The molecule has 0 aromatic heterocycles. The van der Waals surface area contributed by atoms with Crippen LogP contribution >= 0.6 is 0 Å². The van der Waals surface area contributed by atoms with Crippen molar-refractivity contribution in [2.45, 2.75) is 18.9 Å². The minimum absolute atomic E-state index is 0.286. The number of rotatable bonds is 8. The van der Waals surface area contributed by atoms with Crippen molar-refractivity contribution < 1.29 is 34.3 Å². The summed E-state index contributed by atoms with van der Waals surface area (Å²) in [6.45, 7) is 0. The molecule has 0 spiro atoms. The van der Waals surface area contributed by atoms with E-state index in [4.69, 9.17) is 15.9 Å². The lowest BCUT2D eigenvalue weighted by Gasteiger charge is -2.14. The molecule has 1 atom stereocenters. The molecule has 0 bridgehead atoms. The maximum atomic E-state index is 12.1. The van der Waals surface area contributed by atoms with Gasteiger partial charge in [-0.3, -0.25) is 19.7 Å². The number of amides is 2. The Hall–Kier alpha value is -3.50. The molecular formula is C13H13N3O8. The summed E-state index contributed by atoms with van der Waals surface area (Å²) in [7, 11) is 0. The number of carboxylic acids is 2. The van der Waals surface area contributed by atoms with Gasteiger partial charge >= 0.3 is 11.9 Å². The fourth-order valence-electron chi connectivity index (χ4n) is 1.80. The number of non-ortho nitro benzene ring substituents is 1. The number of aromatic carboxylic acids is 1. The zero-order valence-corrected chi connectivity index (χ0v) is 12.1. The van der Waals surface area contributed by atoms with Gasteiger partial charge in [-0.15, -0.1) is 0 Å². The first-order valence-electron chi connectivity index (χ1n) is 6.47. The number of nitrogens with zero attached hydrogens (tertiary/aromatic N) is 1. The molecule has 0 aliphatic heterocycles. The second-order valence-corrected chi connectivity index (χ2v) is 4.66. The third-order valence-corrected chi connectivity index (χ3v) is 2.97. The number of nitro benzene ring substituents is 1. The number of nitrogens with two attached hydrogens (primary N) is 1. The fraction of sp³-hybridized carbons (Fsp3) is 0.231. The van der Waals surface area contributed by atoms with Gasteiger partial charge in [-0.2, -0.15) is 0 Å². The number of nitro groups is 1. The van der Waals surface area contributed by atoms with Gasteiger partial charge in [-0.1, -0.05) is 0 Å². The monoisotopic (exact) mass is 339 g/mol. The molecule has 0 radical (unpaired) electrons. The molecule has 2 amide bonds. The molecule has 0 saturated carbocycles. The van der Waals surface area contributed by atoms with Crippen molar-refractivity contribution in [1.29, 1.82) is 0 Å². The van der Waals surface area contributed by atoms with Crippen LogP contribution in [0.5, 0.6) is 0 Å². The van der Waals surface area contributed by atoms with Gasteiger partial charge in [0.05, 0.1) is 16.1 Å². The molecule has 0 fully saturated rings. The summed E-state index contributed by atoms with van der Waals surface area (Å²) in [5.41, 5.74) is 3.27. The molecule has 0 aliphatic carbocycles. The van der Waals surface area contributed by atoms with E-state index in [2.05, 4.69) is 5.32 Å². The van der Waals surface area contributed by atoms with Crippen molar-refractivity contribution in [2.75, 3.05) is 0 Å². The van der Waals surface area contributed by atoms with Gasteiger partial charge in [0.1, 0.15) is 6.04 Å². The number of carboxylic acid groups (broad SMARTS) is 2. The van der Waals surface area contributed by atoms with Gasteiger partial charge in [0.15, 0.2) is 0 Å². The molecule has 0 saturated heterocycles. The highest BCUT2D eigenvalue weighted by Gasteiger charge is 2.25. The van der Waals surface area contributed by atoms with E-state index in [0.29, 0.717) is 6.07 Å². The molecule has 0 heterocycles. The normalized spacial score (nSPS) is 11.3. The molecule has 24 heavy (non-hydrogen) atoms. The summed E-state index contributed by atoms with van der Waals surface area (Å²) in [6.07, 6.45) is -0.588. The topological polar surface area (TPSA) is 190 Å². The number of hydrogen-bond donors (Lipinski definition) is 4. The summed E-state index contributed by atoms with van der Waals surface area (Å²) in [4.78, 5) is 54.8. The lowest BCUT2D eigenvalue weighted by atomic mass is 10.0. The van der Waals surface area contributed by atoms with Crippen LogP contribution in [0, 0.1) is 10.1 Å². The van der Waals surface area contributed by atoms with E-state index < -0.39 is 51.5 Å². The average molecular weight is 339 g/mol. The van der Waals surface area contributed by atoms with Gasteiger partial charge in [-0.25, -0.2) is 9.59 Å². The van der Waals surface area contributed by atoms with E-state index in [1.807, 2.05) is 0 Å². The molecule has 5 N–H and O–H groups in total. The maximum Gasteiger partial charge on any atom is 0.336 e. The van der Waals surface area contributed by atoms with Crippen LogP contribution in [0.2, 0.25) is 0 Å². The van der Waals surface area contributed by atoms with Crippen molar-refractivity contribution in [3.63, 3.8) is 0 Å². The van der Waals surface area contributed by atoms with Crippen LogP contribution in [0.3, 0.4) is 0 Å². The predicted octanol–water partition coefficient (Wildman–Crippen LogP) is -0.259. The van der Waals surface area contributed by atoms with Gasteiger partial charge < -0.3 is 21.3 Å². The van der Waals surface area contributed by atoms with Gasteiger partial charge in [0.25, 0.3) is 11.6 Å². The molecule has 1 rings (SSSR count). The minimum atomic E-state index is -1.59. The van der Waals surface area contributed by atoms with Crippen LogP contribution in [0.4, 0.5) is 5.69 Å². The molecule has 11 nitrogen and oxygen atoms in total. The molecule has 1 aromatic rings. The van der Waals surface area contributed by atoms with E-state index in [0.717, 1.165) is 12.1 Å². The van der Waals surface area contributed by atoms with Crippen LogP contribution in [-0.4, -0.2) is 44.9 Å². The lowest BCUT2D eigenvalue weighted by Crippen LogP contribution is -2.41. The Balaban J connectivity index is 3.08. The first-order chi connectivity index (χ1) is 11.1. The van der Waals surface area contributed by atoms with Crippen LogP contribution in [0.1, 0.15) is 33.6 Å². The van der Waals surface area contributed by atoms with Gasteiger partial charge in [0.2, 0.25) is 5.91 Å². The van der Waals surface area contributed by atoms with Crippen LogP contribution in [-0.2, 0) is 9.59 Å². The largest absolute Gasteiger partial charge is 0.480 e. The molecular weight excluding hydrogens is 326 g/mol. The minimum Gasteiger partial charge on any atom is -0.480 e. The van der Waals surface area contributed by atoms with Crippen molar-refractivity contribution >= 4 is 29.4 Å². The predicted molar refractivity (Wildman–Crippen MR) is 77.4 cm³/mol. The summed E-state index contributed by atoms with van der Waals surface area (Å²) in [6, 6.07) is 1.04. The Morgan fingerprint density at radius 1 is 1.21 bits per heavy atom. The quantitative estimate of drug-likeness (QED) is 0.367. The van der Waals surface area contributed by atoms with Crippen molar-refractivity contribution in [3.8, 4) is 0 Å². The van der Waals surface area contributed by atoms with Crippen molar-refractivity contribution in [2.24, 2.45) is 5.73 Å². The molecule has 0 aliphatic rings. The second-order valence-electron chi connectivity index (χ2n) is 4.66. The Labute approximate surface area is 134 Å². The highest BCUT2D eigenvalue weighted by molar-refractivity contribution is 6.06. The Bertz CT molecular complexity index is 715. The third kappa shape index (κ3) is 4.76. The summed E-state index contributed by atoms with van der Waals surface area (Å²) >= 11 is 0. The van der Waals surface area contributed by atoms with Crippen molar-refractivity contribution in [3.05, 3.63) is 39.4 Å². The first kappa shape index (κ1) is 18.5. The number of primary amides is 1. The Kier molecular flexibility index (Phi) is 5.93. The van der Waals surface area contributed by atoms with Crippen LogP contribution in [0.15, 0.2) is 18.2 Å². The van der Waals surface area contributed by atoms with Crippen molar-refractivity contribution in [1.82, 2.24) is 5.32 Å². The highest BCUT2D eigenvalue weighted by Crippen LogP contribution is 2.18. The summed E-state index contributed by atoms with van der Waals surface area (Å²) in [5, 5.41) is 30.8. The zero-order chi connectivity index (χ0) is 18.4. The van der Waals surface area contributed by atoms with Gasteiger partial charge in [0, 0.05) is 18.6 Å². The molecule has 11 heteroatoms. The zero-order valence-electron chi connectivity index (χ0n) is 12.1. The first-order valence-corrected chi connectivity index (χ1v) is 6.47. The van der Waals surface area contributed by atoms with E-state index >= 15 is 0 Å². The Morgan fingerprint density at radius 2 is 1.83 bits per heavy atom. The second kappa shape index (κ2) is 7.67. The molecule has 1 aromatic carbocycles. The SMILES string of the molecule is NC(=O)CC[C@@H](NC(=O)c1ccc([N+](=O)[O-])cc1C(=O)O)C(=O)O. The number of hydrogen-bond acceptors (Lipinski definition) is 6. The number of nitrogens with one attached hydrogen (secondary N) is 1. The standard InChI is InChI=1S/C13H13N3O8/c14-10(17)4-3-9(13(21)22)15-11(18)7-2-1-6(16(23)24)5-8(7)12(19)20/h1-2,5,9H,3-4H2,(H2,14,17)(H,15,18)(H,19,20)(H,21,22)/t9-/m1/s1. The van der Waals surface area contributed by atoms with E-state index in [-0.39, 0.29) is 12.8 Å². The average Bonchev–Trinajstić information content (AvgIpc) is 2.49. The number of aliphatic carboxylic acids is 1. The van der Waals surface area contributed by atoms with Crippen LogP contribution < -0.4 is 11.1 Å². The lowest BCUT2D eigenvalue weighted by molar-refractivity contribution is -0.384. The molecule has 128 valence electrons.